The highest BCUT2D eigenvalue weighted by molar-refractivity contribution is 9.11. The summed E-state index contributed by atoms with van der Waals surface area (Å²) < 4.78 is 6.88. The lowest BCUT2D eigenvalue weighted by Gasteiger charge is -2.18. The Morgan fingerprint density at radius 2 is 1.78 bits per heavy atom. The van der Waals surface area contributed by atoms with Gasteiger partial charge >= 0.3 is 0 Å². The summed E-state index contributed by atoms with van der Waals surface area (Å²) >= 11 is 6.79. The van der Waals surface area contributed by atoms with Gasteiger partial charge in [0.15, 0.2) is 0 Å². The molecule has 3 rings (SSSR count). The van der Waals surface area contributed by atoms with Gasteiger partial charge in [-0.3, -0.25) is 14.5 Å². The van der Waals surface area contributed by atoms with Gasteiger partial charge in [-0.15, -0.1) is 0 Å². The number of halogens is 2. The van der Waals surface area contributed by atoms with Crippen molar-refractivity contribution >= 4 is 49.2 Å². The van der Waals surface area contributed by atoms with Crippen molar-refractivity contribution in [3.05, 3.63) is 56.5 Å². The van der Waals surface area contributed by atoms with Crippen LogP contribution in [0.2, 0.25) is 0 Å². The van der Waals surface area contributed by atoms with E-state index in [4.69, 9.17) is 4.74 Å². The summed E-state index contributed by atoms with van der Waals surface area (Å²) in [5.74, 6) is -0.203. The van der Waals surface area contributed by atoms with Gasteiger partial charge in [-0.25, -0.2) is 0 Å². The van der Waals surface area contributed by atoms with E-state index in [1.807, 2.05) is 37.3 Å². The number of anilines is 1. The first kappa shape index (κ1) is 16.2. The summed E-state index contributed by atoms with van der Waals surface area (Å²) in [5, 5.41) is 0. The maximum Gasteiger partial charge on any atom is 0.299 e. The number of ketones is 1. The molecule has 1 aliphatic heterocycles. The first-order valence-electron chi connectivity index (χ1n) is 7.08. The van der Waals surface area contributed by atoms with Crippen LogP contribution < -0.4 is 9.64 Å². The lowest BCUT2D eigenvalue weighted by atomic mass is 10.1. The van der Waals surface area contributed by atoms with Gasteiger partial charge in [0.2, 0.25) is 0 Å². The van der Waals surface area contributed by atoms with E-state index in [2.05, 4.69) is 31.9 Å². The summed E-state index contributed by atoms with van der Waals surface area (Å²) in [6.45, 7) is 2.87. The Morgan fingerprint density at radius 3 is 2.43 bits per heavy atom. The SMILES string of the molecule is CCOc1ccc(CN2C(=O)C(=O)c3cc(Br)cc(Br)c32)cc1. The van der Waals surface area contributed by atoms with Gasteiger partial charge in [0.05, 0.1) is 24.4 Å². The monoisotopic (exact) mass is 437 g/mol. The number of benzene rings is 2. The van der Waals surface area contributed by atoms with Crippen LogP contribution >= 0.6 is 31.9 Å². The molecule has 0 aliphatic carbocycles. The molecule has 0 spiro atoms. The van der Waals surface area contributed by atoms with Crippen molar-refractivity contribution in [3.8, 4) is 5.75 Å². The smallest absolute Gasteiger partial charge is 0.299 e. The molecule has 0 atom stereocenters. The maximum absolute atomic E-state index is 12.3. The Morgan fingerprint density at radius 1 is 1.09 bits per heavy atom. The third kappa shape index (κ3) is 3.05. The first-order chi connectivity index (χ1) is 11.0. The fourth-order valence-corrected chi connectivity index (χ4v) is 3.98. The molecular weight excluding hydrogens is 426 g/mol. The van der Waals surface area contributed by atoms with Gasteiger partial charge in [-0.2, -0.15) is 0 Å². The lowest BCUT2D eigenvalue weighted by Crippen LogP contribution is -2.29. The van der Waals surface area contributed by atoms with E-state index in [1.165, 1.54) is 4.90 Å². The highest BCUT2D eigenvalue weighted by atomic mass is 79.9. The summed E-state index contributed by atoms with van der Waals surface area (Å²) in [6.07, 6.45) is 0. The highest BCUT2D eigenvalue weighted by Gasteiger charge is 2.37. The summed E-state index contributed by atoms with van der Waals surface area (Å²) in [6, 6.07) is 11.0. The minimum absolute atomic E-state index is 0.338. The molecule has 0 N–H and O–H groups in total. The third-order valence-electron chi connectivity index (χ3n) is 3.56. The highest BCUT2D eigenvalue weighted by Crippen LogP contribution is 2.39. The van der Waals surface area contributed by atoms with Crippen LogP contribution in [0.1, 0.15) is 22.8 Å². The second kappa shape index (κ2) is 6.45. The molecule has 0 bridgehead atoms. The number of fused-ring (bicyclic) bond motifs is 1. The minimum atomic E-state index is -0.507. The van der Waals surface area contributed by atoms with Gasteiger partial charge in [-0.1, -0.05) is 28.1 Å². The molecule has 6 heteroatoms. The normalized spacial score (nSPS) is 13.4. The van der Waals surface area contributed by atoms with Crippen molar-refractivity contribution in [2.24, 2.45) is 0 Å². The van der Waals surface area contributed by atoms with Crippen LogP contribution in [0.4, 0.5) is 5.69 Å². The quantitative estimate of drug-likeness (QED) is 0.667. The Kier molecular flexibility index (Phi) is 4.55. The van der Waals surface area contributed by atoms with Crippen LogP contribution in [-0.4, -0.2) is 18.3 Å². The van der Waals surface area contributed by atoms with Crippen molar-refractivity contribution in [2.45, 2.75) is 13.5 Å². The first-order valence-corrected chi connectivity index (χ1v) is 8.67. The van der Waals surface area contributed by atoms with Crippen LogP contribution in [0.3, 0.4) is 0 Å². The number of hydrogen-bond donors (Lipinski definition) is 0. The number of nitrogens with zero attached hydrogens (tertiary/aromatic N) is 1. The number of amides is 1. The van der Waals surface area contributed by atoms with E-state index in [-0.39, 0.29) is 0 Å². The van der Waals surface area contributed by atoms with Crippen molar-refractivity contribution in [1.29, 1.82) is 0 Å². The molecule has 23 heavy (non-hydrogen) atoms. The van der Waals surface area contributed by atoms with E-state index >= 15 is 0 Å². The summed E-state index contributed by atoms with van der Waals surface area (Å²) in [5.41, 5.74) is 1.97. The second-order valence-electron chi connectivity index (χ2n) is 5.08. The molecule has 0 fully saturated rings. The number of rotatable bonds is 4. The lowest BCUT2D eigenvalue weighted by molar-refractivity contribution is -0.114. The second-order valence-corrected chi connectivity index (χ2v) is 6.85. The van der Waals surface area contributed by atoms with Gasteiger partial charge in [0, 0.05) is 8.95 Å². The van der Waals surface area contributed by atoms with Crippen molar-refractivity contribution in [1.82, 2.24) is 0 Å². The molecule has 0 unspecified atom stereocenters. The third-order valence-corrected chi connectivity index (χ3v) is 4.62. The Bertz CT molecular complexity index is 787. The molecule has 0 aromatic heterocycles. The van der Waals surface area contributed by atoms with E-state index in [0.29, 0.717) is 28.9 Å². The van der Waals surface area contributed by atoms with Crippen LogP contribution in [-0.2, 0) is 11.3 Å². The number of Topliss-reactive ketones (excluding diaryl/α,β-unsaturated/α-hetero) is 1. The predicted octanol–water partition coefficient (Wildman–Crippen LogP) is 4.34. The molecule has 1 aliphatic rings. The van der Waals surface area contributed by atoms with Gasteiger partial charge in [-0.05, 0) is 52.7 Å². The van der Waals surface area contributed by atoms with Gasteiger partial charge in [0.1, 0.15) is 5.75 Å². The fraction of sp³-hybridized carbons (Fsp3) is 0.176. The number of hydrogen-bond acceptors (Lipinski definition) is 3. The Hall–Kier alpha value is -1.66. The Balaban J connectivity index is 1.92. The number of carbonyl (C=O) groups excluding carboxylic acids is 2. The molecule has 1 heterocycles. The van der Waals surface area contributed by atoms with Crippen LogP contribution in [0.25, 0.3) is 0 Å². The Labute approximate surface area is 150 Å². The van der Waals surface area contributed by atoms with Gasteiger partial charge in [0.25, 0.3) is 11.7 Å². The van der Waals surface area contributed by atoms with E-state index < -0.39 is 11.7 Å². The average molecular weight is 439 g/mol. The topological polar surface area (TPSA) is 46.6 Å². The standard InChI is InChI=1S/C17H13Br2NO3/c1-2-23-12-5-3-10(4-6-12)9-20-15-13(16(21)17(20)22)7-11(18)8-14(15)19/h3-8H,2,9H2,1H3. The molecule has 0 saturated carbocycles. The molecule has 0 saturated heterocycles. The zero-order chi connectivity index (χ0) is 16.6. The van der Waals surface area contributed by atoms with Gasteiger partial charge < -0.3 is 4.74 Å². The molecule has 4 nitrogen and oxygen atoms in total. The molecule has 0 radical (unpaired) electrons. The molecular formula is C17H13Br2NO3. The van der Waals surface area contributed by atoms with Crippen LogP contribution in [0.5, 0.6) is 5.75 Å². The maximum atomic E-state index is 12.3. The molecule has 1 amide bonds. The number of carbonyl (C=O) groups is 2. The number of ether oxygens (including phenoxy) is 1. The molecule has 2 aromatic carbocycles. The van der Waals surface area contributed by atoms with Crippen molar-refractivity contribution in [3.63, 3.8) is 0 Å². The van der Waals surface area contributed by atoms with E-state index in [0.717, 1.165) is 15.8 Å². The molecule has 118 valence electrons. The summed E-state index contributed by atoms with van der Waals surface area (Å²) in [4.78, 5) is 26.0. The largest absolute Gasteiger partial charge is 0.494 e. The van der Waals surface area contributed by atoms with Crippen molar-refractivity contribution in [2.75, 3.05) is 11.5 Å². The predicted molar refractivity (Wildman–Crippen MR) is 95.0 cm³/mol. The molecule has 2 aromatic rings. The minimum Gasteiger partial charge on any atom is -0.494 e. The average Bonchev–Trinajstić information content (AvgIpc) is 2.75. The van der Waals surface area contributed by atoms with Crippen LogP contribution in [0.15, 0.2) is 45.3 Å². The van der Waals surface area contributed by atoms with E-state index in [9.17, 15) is 9.59 Å². The summed E-state index contributed by atoms with van der Waals surface area (Å²) in [7, 11) is 0. The zero-order valence-corrected chi connectivity index (χ0v) is 15.5. The zero-order valence-electron chi connectivity index (χ0n) is 12.3. The van der Waals surface area contributed by atoms with Crippen LogP contribution in [0, 0.1) is 0 Å². The van der Waals surface area contributed by atoms with Crippen molar-refractivity contribution < 1.29 is 14.3 Å². The van der Waals surface area contributed by atoms with E-state index in [1.54, 1.807) is 6.07 Å². The fourth-order valence-electron chi connectivity index (χ4n) is 2.54.